The van der Waals surface area contributed by atoms with E-state index in [0.717, 1.165) is 16.7 Å². The van der Waals surface area contributed by atoms with Crippen molar-refractivity contribution in [3.63, 3.8) is 0 Å². The molecule has 1 unspecified atom stereocenters. The van der Waals surface area contributed by atoms with Crippen LogP contribution in [0, 0.1) is 6.92 Å². The van der Waals surface area contributed by atoms with Crippen LogP contribution in [0.4, 0.5) is 0 Å². The largest absolute Gasteiger partial charge is 0.271 e. The fourth-order valence-corrected chi connectivity index (χ4v) is 2.17. The average Bonchev–Trinajstić information content (AvgIpc) is 2.37. The molecule has 94 valence electrons. The van der Waals surface area contributed by atoms with Crippen LogP contribution in [0.1, 0.15) is 22.7 Å². The molecule has 0 bridgehead atoms. The van der Waals surface area contributed by atoms with Crippen LogP contribution in [-0.4, -0.2) is 4.98 Å². The molecule has 0 aliphatic heterocycles. The molecule has 5 heteroatoms. The van der Waals surface area contributed by atoms with Crippen molar-refractivity contribution >= 4 is 23.2 Å². The molecular weight excluding hydrogens is 269 g/mol. The number of rotatable bonds is 3. The normalized spacial score (nSPS) is 12.4. The lowest BCUT2D eigenvalue weighted by Gasteiger charge is -2.19. The minimum atomic E-state index is -0.136. The van der Waals surface area contributed by atoms with Crippen LogP contribution in [0.25, 0.3) is 0 Å². The Kier molecular flexibility index (Phi) is 4.19. The number of pyridine rings is 1. The zero-order valence-corrected chi connectivity index (χ0v) is 11.3. The van der Waals surface area contributed by atoms with Gasteiger partial charge in [0.25, 0.3) is 0 Å². The third-order valence-electron chi connectivity index (χ3n) is 2.82. The second-order valence-electron chi connectivity index (χ2n) is 4.01. The first-order valence-corrected chi connectivity index (χ1v) is 6.20. The number of hydrogen-bond donors (Lipinski definition) is 2. The van der Waals surface area contributed by atoms with Crippen molar-refractivity contribution in [3.8, 4) is 0 Å². The van der Waals surface area contributed by atoms with Gasteiger partial charge in [0.15, 0.2) is 0 Å². The monoisotopic (exact) mass is 281 g/mol. The van der Waals surface area contributed by atoms with E-state index in [1.54, 1.807) is 18.5 Å². The van der Waals surface area contributed by atoms with Crippen molar-refractivity contribution in [3.05, 3.63) is 63.4 Å². The Morgan fingerprint density at radius 3 is 2.61 bits per heavy atom. The lowest BCUT2D eigenvalue weighted by atomic mass is 9.97. The molecule has 1 aromatic carbocycles. The highest BCUT2D eigenvalue weighted by Gasteiger charge is 2.15. The summed E-state index contributed by atoms with van der Waals surface area (Å²) >= 11 is 11.9. The van der Waals surface area contributed by atoms with Crippen LogP contribution in [0.15, 0.2) is 36.7 Å². The summed E-state index contributed by atoms with van der Waals surface area (Å²) < 4.78 is 0. The van der Waals surface area contributed by atoms with Gasteiger partial charge in [-0.2, -0.15) is 0 Å². The molecule has 18 heavy (non-hydrogen) atoms. The highest BCUT2D eigenvalue weighted by atomic mass is 35.5. The molecule has 0 fully saturated rings. The second-order valence-corrected chi connectivity index (χ2v) is 4.82. The second kappa shape index (κ2) is 5.67. The first-order valence-electron chi connectivity index (χ1n) is 5.45. The molecular formula is C13H13Cl2N3. The SMILES string of the molecule is Cc1cnccc1C(NN)c1ccc(Cl)c(Cl)c1. The number of nitrogens with zero attached hydrogens (tertiary/aromatic N) is 1. The van der Waals surface area contributed by atoms with Crippen LogP contribution < -0.4 is 11.3 Å². The number of benzene rings is 1. The van der Waals surface area contributed by atoms with E-state index in [-0.39, 0.29) is 6.04 Å². The number of nitrogens with two attached hydrogens (primary N) is 1. The Balaban J connectivity index is 2.45. The molecule has 0 aliphatic carbocycles. The number of aromatic nitrogens is 1. The van der Waals surface area contributed by atoms with E-state index in [1.165, 1.54) is 0 Å². The summed E-state index contributed by atoms with van der Waals surface area (Å²) in [7, 11) is 0. The van der Waals surface area contributed by atoms with Crippen molar-refractivity contribution in [2.24, 2.45) is 5.84 Å². The Morgan fingerprint density at radius 1 is 1.22 bits per heavy atom. The average molecular weight is 282 g/mol. The van der Waals surface area contributed by atoms with Crippen molar-refractivity contribution in [1.82, 2.24) is 10.4 Å². The molecule has 0 aliphatic rings. The van der Waals surface area contributed by atoms with Gasteiger partial charge in [-0.3, -0.25) is 10.8 Å². The maximum absolute atomic E-state index is 6.03. The number of aryl methyl sites for hydroxylation is 1. The lowest BCUT2D eigenvalue weighted by molar-refractivity contribution is 0.633. The summed E-state index contributed by atoms with van der Waals surface area (Å²) in [5.41, 5.74) is 5.87. The lowest BCUT2D eigenvalue weighted by Crippen LogP contribution is -2.29. The Labute approximate surface area is 116 Å². The molecule has 0 saturated heterocycles. The van der Waals surface area contributed by atoms with Crippen LogP contribution in [0.5, 0.6) is 0 Å². The minimum Gasteiger partial charge on any atom is -0.271 e. The van der Waals surface area contributed by atoms with Crippen LogP contribution in [-0.2, 0) is 0 Å². The fourth-order valence-electron chi connectivity index (χ4n) is 1.87. The Hall–Kier alpha value is -1.13. The minimum absolute atomic E-state index is 0.136. The van der Waals surface area contributed by atoms with E-state index < -0.39 is 0 Å². The number of nitrogens with one attached hydrogen (secondary N) is 1. The summed E-state index contributed by atoms with van der Waals surface area (Å²) in [6.45, 7) is 1.99. The standard InChI is InChI=1S/C13H13Cl2N3/c1-8-7-17-5-4-10(8)13(18-16)9-2-3-11(14)12(15)6-9/h2-7,13,18H,16H2,1H3. The topological polar surface area (TPSA) is 50.9 Å². The number of hydrazine groups is 1. The predicted molar refractivity (Wildman–Crippen MR) is 74.6 cm³/mol. The van der Waals surface area contributed by atoms with Crippen molar-refractivity contribution < 1.29 is 0 Å². The maximum atomic E-state index is 6.03. The smallest absolute Gasteiger partial charge is 0.0714 e. The molecule has 2 rings (SSSR count). The Bertz CT molecular complexity index is 558. The van der Waals surface area contributed by atoms with Gasteiger partial charge < -0.3 is 0 Å². The third kappa shape index (κ3) is 2.65. The first-order chi connectivity index (χ1) is 8.63. The summed E-state index contributed by atoms with van der Waals surface area (Å²) in [6, 6.07) is 7.28. The summed E-state index contributed by atoms with van der Waals surface area (Å²) in [5.74, 6) is 5.65. The molecule has 1 heterocycles. The first kappa shape index (κ1) is 13.3. The molecule has 3 N–H and O–H groups in total. The van der Waals surface area contributed by atoms with Gasteiger partial charge in [-0.25, -0.2) is 5.43 Å². The van der Waals surface area contributed by atoms with Crippen molar-refractivity contribution in [2.45, 2.75) is 13.0 Å². The maximum Gasteiger partial charge on any atom is 0.0714 e. The molecule has 3 nitrogen and oxygen atoms in total. The van der Waals surface area contributed by atoms with E-state index >= 15 is 0 Å². The Morgan fingerprint density at radius 2 is 2.00 bits per heavy atom. The van der Waals surface area contributed by atoms with Gasteiger partial charge in [0, 0.05) is 12.4 Å². The summed E-state index contributed by atoms with van der Waals surface area (Å²) in [5, 5.41) is 1.05. The van der Waals surface area contributed by atoms with Crippen molar-refractivity contribution in [1.29, 1.82) is 0 Å². The van der Waals surface area contributed by atoms with Gasteiger partial charge >= 0.3 is 0 Å². The molecule has 0 spiro atoms. The molecule has 1 aromatic heterocycles. The van der Waals surface area contributed by atoms with Gasteiger partial charge in [0.2, 0.25) is 0 Å². The van der Waals surface area contributed by atoms with Crippen LogP contribution >= 0.6 is 23.2 Å². The number of halogens is 2. The van der Waals surface area contributed by atoms with Crippen molar-refractivity contribution in [2.75, 3.05) is 0 Å². The third-order valence-corrected chi connectivity index (χ3v) is 3.56. The summed E-state index contributed by atoms with van der Waals surface area (Å²) in [6.07, 6.45) is 3.54. The van der Waals surface area contributed by atoms with Gasteiger partial charge in [0.05, 0.1) is 16.1 Å². The molecule has 0 saturated carbocycles. The van der Waals surface area contributed by atoms with E-state index in [1.807, 2.05) is 25.1 Å². The van der Waals surface area contributed by atoms with E-state index in [2.05, 4.69) is 10.4 Å². The van der Waals surface area contributed by atoms with E-state index in [9.17, 15) is 0 Å². The van der Waals surface area contributed by atoms with Gasteiger partial charge in [-0.15, -0.1) is 0 Å². The fraction of sp³-hybridized carbons (Fsp3) is 0.154. The van der Waals surface area contributed by atoms with Gasteiger partial charge in [-0.1, -0.05) is 29.3 Å². The predicted octanol–water partition coefficient (Wildman–Crippen LogP) is 3.25. The molecule has 2 aromatic rings. The quantitative estimate of drug-likeness (QED) is 0.671. The molecule has 0 radical (unpaired) electrons. The zero-order chi connectivity index (χ0) is 13.1. The zero-order valence-electron chi connectivity index (χ0n) is 9.82. The van der Waals surface area contributed by atoms with Crippen LogP contribution in [0.3, 0.4) is 0 Å². The van der Waals surface area contributed by atoms with Gasteiger partial charge in [-0.05, 0) is 41.8 Å². The molecule has 0 amide bonds. The van der Waals surface area contributed by atoms with E-state index in [0.29, 0.717) is 10.0 Å². The number of hydrogen-bond acceptors (Lipinski definition) is 3. The highest BCUT2D eigenvalue weighted by Crippen LogP contribution is 2.29. The van der Waals surface area contributed by atoms with Crippen LogP contribution in [0.2, 0.25) is 10.0 Å². The van der Waals surface area contributed by atoms with Gasteiger partial charge in [0.1, 0.15) is 0 Å². The van der Waals surface area contributed by atoms with E-state index in [4.69, 9.17) is 29.0 Å². The molecule has 1 atom stereocenters. The highest BCUT2D eigenvalue weighted by molar-refractivity contribution is 6.42. The summed E-state index contributed by atoms with van der Waals surface area (Å²) in [4.78, 5) is 4.07.